The van der Waals surface area contributed by atoms with Gasteiger partial charge in [0.05, 0.1) is 0 Å². The standard InChI is InChI=1S/C12H15N3S/c1-6-5-10(9(4)16-6)12-14-8(3)7(2)11(13)15-12/h5H,1-4H3,(H2,13,14,15). The Morgan fingerprint density at radius 3 is 2.31 bits per heavy atom. The average Bonchev–Trinajstić information content (AvgIpc) is 2.53. The van der Waals surface area contributed by atoms with Gasteiger partial charge in [-0.1, -0.05) is 0 Å². The van der Waals surface area contributed by atoms with Gasteiger partial charge in [-0.25, -0.2) is 9.97 Å². The molecule has 0 aromatic carbocycles. The molecule has 2 rings (SSSR count). The minimum atomic E-state index is 0.575. The molecule has 0 aliphatic rings. The molecule has 0 atom stereocenters. The summed E-state index contributed by atoms with van der Waals surface area (Å²) in [6.07, 6.45) is 0. The van der Waals surface area contributed by atoms with Gasteiger partial charge in [0.25, 0.3) is 0 Å². The van der Waals surface area contributed by atoms with Crippen molar-refractivity contribution < 1.29 is 0 Å². The van der Waals surface area contributed by atoms with Gasteiger partial charge in [0.2, 0.25) is 0 Å². The van der Waals surface area contributed by atoms with E-state index in [2.05, 4.69) is 29.9 Å². The Kier molecular flexibility index (Phi) is 2.68. The van der Waals surface area contributed by atoms with E-state index in [1.165, 1.54) is 9.75 Å². The topological polar surface area (TPSA) is 51.8 Å². The molecule has 0 saturated heterocycles. The summed E-state index contributed by atoms with van der Waals surface area (Å²) in [5, 5.41) is 0. The third-order valence-corrected chi connectivity index (χ3v) is 3.67. The van der Waals surface area contributed by atoms with Crippen LogP contribution in [-0.2, 0) is 0 Å². The zero-order valence-electron chi connectivity index (χ0n) is 9.96. The Bertz CT molecular complexity index is 520. The fourth-order valence-electron chi connectivity index (χ4n) is 1.62. The smallest absolute Gasteiger partial charge is 0.162 e. The molecule has 0 radical (unpaired) electrons. The summed E-state index contributed by atoms with van der Waals surface area (Å²) in [7, 11) is 0. The van der Waals surface area contributed by atoms with Crippen molar-refractivity contribution in [2.75, 3.05) is 5.73 Å². The van der Waals surface area contributed by atoms with Gasteiger partial charge in [0, 0.05) is 26.6 Å². The number of thiophene rings is 1. The summed E-state index contributed by atoms with van der Waals surface area (Å²) in [5.74, 6) is 1.31. The highest BCUT2D eigenvalue weighted by Gasteiger charge is 2.11. The monoisotopic (exact) mass is 233 g/mol. The van der Waals surface area contributed by atoms with Crippen molar-refractivity contribution in [2.45, 2.75) is 27.7 Å². The minimum absolute atomic E-state index is 0.575. The molecular weight excluding hydrogens is 218 g/mol. The van der Waals surface area contributed by atoms with Crippen molar-refractivity contribution >= 4 is 17.2 Å². The predicted octanol–water partition coefficient (Wildman–Crippen LogP) is 3.02. The molecule has 0 aliphatic heterocycles. The Morgan fingerprint density at radius 1 is 1.12 bits per heavy atom. The molecule has 0 aliphatic carbocycles. The molecule has 0 saturated carbocycles. The first-order valence-electron chi connectivity index (χ1n) is 5.17. The minimum Gasteiger partial charge on any atom is -0.383 e. The molecule has 0 bridgehead atoms. The number of aryl methyl sites for hydroxylation is 3. The molecule has 2 N–H and O–H groups in total. The number of rotatable bonds is 1. The van der Waals surface area contributed by atoms with Crippen LogP contribution in [0.3, 0.4) is 0 Å². The average molecular weight is 233 g/mol. The summed E-state index contributed by atoms with van der Waals surface area (Å²) in [4.78, 5) is 11.4. The van der Waals surface area contributed by atoms with E-state index in [-0.39, 0.29) is 0 Å². The van der Waals surface area contributed by atoms with Crippen molar-refractivity contribution in [3.63, 3.8) is 0 Å². The second-order valence-corrected chi connectivity index (χ2v) is 5.43. The molecule has 2 aromatic heterocycles. The maximum atomic E-state index is 5.87. The lowest BCUT2D eigenvalue weighted by molar-refractivity contribution is 1.08. The SMILES string of the molecule is Cc1cc(-c2nc(C)c(C)c(N)n2)c(C)s1. The van der Waals surface area contributed by atoms with Gasteiger partial charge >= 0.3 is 0 Å². The normalized spacial score (nSPS) is 10.8. The molecule has 0 amide bonds. The second kappa shape index (κ2) is 3.87. The summed E-state index contributed by atoms with van der Waals surface area (Å²) >= 11 is 1.76. The highest BCUT2D eigenvalue weighted by atomic mass is 32.1. The van der Waals surface area contributed by atoms with Crippen LogP contribution in [0, 0.1) is 27.7 Å². The van der Waals surface area contributed by atoms with Crippen molar-refractivity contribution in [3.05, 3.63) is 27.1 Å². The second-order valence-electron chi connectivity index (χ2n) is 3.97. The zero-order valence-corrected chi connectivity index (χ0v) is 10.8. The number of nitrogen functional groups attached to an aromatic ring is 1. The van der Waals surface area contributed by atoms with Crippen LogP contribution < -0.4 is 5.73 Å². The van der Waals surface area contributed by atoms with E-state index < -0.39 is 0 Å². The van der Waals surface area contributed by atoms with Crippen LogP contribution >= 0.6 is 11.3 Å². The highest BCUT2D eigenvalue weighted by molar-refractivity contribution is 7.12. The van der Waals surface area contributed by atoms with Crippen LogP contribution in [0.15, 0.2) is 6.07 Å². The van der Waals surface area contributed by atoms with E-state index in [1.54, 1.807) is 11.3 Å². The summed E-state index contributed by atoms with van der Waals surface area (Å²) in [5.41, 5.74) is 8.88. The first-order valence-corrected chi connectivity index (χ1v) is 5.99. The number of nitrogens with zero attached hydrogens (tertiary/aromatic N) is 2. The lowest BCUT2D eigenvalue weighted by Crippen LogP contribution is -2.02. The van der Waals surface area contributed by atoms with Crippen molar-refractivity contribution in [1.29, 1.82) is 0 Å². The van der Waals surface area contributed by atoms with Gasteiger partial charge in [-0.2, -0.15) is 0 Å². The largest absolute Gasteiger partial charge is 0.383 e. The van der Waals surface area contributed by atoms with Crippen LogP contribution in [-0.4, -0.2) is 9.97 Å². The maximum absolute atomic E-state index is 5.87. The predicted molar refractivity (Wildman–Crippen MR) is 68.7 cm³/mol. The lowest BCUT2D eigenvalue weighted by atomic mass is 10.2. The Morgan fingerprint density at radius 2 is 1.81 bits per heavy atom. The van der Waals surface area contributed by atoms with Crippen LogP contribution in [0.25, 0.3) is 11.4 Å². The number of anilines is 1. The molecule has 2 aromatic rings. The van der Waals surface area contributed by atoms with Crippen LogP contribution in [0.1, 0.15) is 21.0 Å². The number of aromatic nitrogens is 2. The zero-order chi connectivity index (χ0) is 11.9. The Labute approximate surface area is 99.4 Å². The fourth-order valence-corrected chi connectivity index (χ4v) is 2.54. The maximum Gasteiger partial charge on any atom is 0.162 e. The molecular formula is C12H15N3S. The van der Waals surface area contributed by atoms with Crippen LogP contribution in [0.4, 0.5) is 5.82 Å². The fraction of sp³-hybridized carbons (Fsp3) is 0.333. The van der Waals surface area contributed by atoms with E-state index in [0.29, 0.717) is 5.82 Å². The quantitative estimate of drug-likeness (QED) is 0.823. The molecule has 84 valence electrons. The number of hydrogen-bond donors (Lipinski definition) is 1. The van der Waals surface area contributed by atoms with Gasteiger partial charge in [-0.3, -0.25) is 0 Å². The van der Waals surface area contributed by atoms with Gasteiger partial charge < -0.3 is 5.73 Å². The Balaban J connectivity index is 2.61. The molecule has 0 spiro atoms. The molecule has 3 nitrogen and oxygen atoms in total. The third-order valence-electron chi connectivity index (χ3n) is 2.71. The first kappa shape index (κ1) is 11.1. The van der Waals surface area contributed by atoms with Crippen LogP contribution in [0.2, 0.25) is 0 Å². The summed E-state index contributed by atoms with van der Waals surface area (Å²) in [6.45, 7) is 8.08. The van der Waals surface area contributed by atoms with Crippen molar-refractivity contribution in [3.8, 4) is 11.4 Å². The van der Waals surface area contributed by atoms with E-state index >= 15 is 0 Å². The summed E-state index contributed by atoms with van der Waals surface area (Å²) < 4.78 is 0. The van der Waals surface area contributed by atoms with Gasteiger partial charge in [0.15, 0.2) is 5.82 Å². The van der Waals surface area contributed by atoms with Gasteiger partial charge in [0.1, 0.15) is 5.82 Å². The molecule has 0 unspecified atom stereocenters. The molecule has 2 heterocycles. The molecule has 0 fully saturated rings. The highest BCUT2D eigenvalue weighted by Crippen LogP contribution is 2.29. The summed E-state index contributed by atoms with van der Waals surface area (Å²) in [6, 6.07) is 2.11. The Hall–Kier alpha value is -1.42. The lowest BCUT2D eigenvalue weighted by Gasteiger charge is -2.06. The first-order chi connectivity index (χ1) is 7.49. The van der Waals surface area contributed by atoms with E-state index in [4.69, 9.17) is 5.73 Å². The van der Waals surface area contributed by atoms with Crippen molar-refractivity contribution in [1.82, 2.24) is 9.97 Å². The van der Waals surface area contributed by atoms with Crippen molar-refractivity contribution in [2.24, 2.45) is 0 Å². The van der Waals surface area contributed by atoms with Gasteiger partial charge in [-0.15, -0.1) is 11.3 Å². The van der Waals surface area contributed by atoms with E-state index in [1.807, 2.05) is 13.8 Å². The molecule has 16 heavy (non-hydrogen) atoms. The number of nitrogens with two attached hydrogens (primary N) is 1. The molecule has 4 heteroatoms. The van der Waals surface area contributed by atoms with Crippen LogP contribution in [0.5, 0.6) is 0 Å². The van der Waals surface area contributed by atoms with Gasteiger partial charge in [-0.05, 0) is 33.8 Å². The number of hydrogen-bond acceptors (Lipinski definition) is 4. The van der Waals surface area contributed by atoms with E-state index in [9.17, 15) is 0 Å². The third kappa shape index (κ3) is 1.80. The van der Waals surface area contributed by atoms with E-state index in [0.717, 1.165) is 22.6 Å².